The summed E-state index contributed by atoms with van der Waals surface area (Å²) in [5.74, 6) is 0.763. The van der Waals surface area contributed by atoms with Crippen LogP contribution < -0.4 is 14.9 Å². The number of non-ortho nitro benzene ring substituents is 1. The molecule has 0 aromatic heterocycles. The Labute approximate surface area is 193 Å². The van der Waals surface area contributed by atoms with Crippen molar-refractivity contribution in [3.63, 3.8) is 0 Å². The molecule has 1 saturated heterocycles. The van der Waals surface area contributed by atoms with E-state index in [0.717, 1.165) is 18.7 Å². The summed E-state index contributed by atoms with van der Waals surface area (Å²) in [6.45, 7) is 3.18. The lowest BCUT2D eigenvalue weighted by molar-refractivity contribution is -0.384. The molecular formula is C21H23BrN4O6. The third-order valence-corrected chi connectivity index (χ3v) is 5.24. The van der Waals surface area contributed by atoms with Crippen molar-refractivity contribution >= 4 is 33.7 Å². The van der Waals surface area contributed by atoms with Gasteiger partial charge in [-0.05, 0) is 51.3 Å². The second kappa shape index (κ2) is 11.6. The van der Waals surface area contributed by atoms with E-state index in [-0.39, 0.29) is 24.7 Å². The fourth-order valence-corrected chi connectivity index (χ4v) is 3.57. The Bertz CT molecular complexity index is 977. The smallest absolute Gasteiger partial charge is 0.269 e. The van der Waals surface area contributed by atoms with Gasteiger partial charge in [0.05, 0.1) is 42.5 Å². The van der Waals surface area contributed by atoms with Crippen LogP contribution in [0.25, 0.3) is 0 Å². The molecular weight excluding hydrogens is 484 g/mol. The molecule has 2 aromatic rings. The fourth-order valence-electron chi connectivity index (χ4n) is 3.00. The van der Waals surface area contributed by atoms with Crippen LogP contribution in [0.5, 0.6) is 11.5 Å². The molecule has 1 fully saturated rings. The number of hydrogen-bond donors (Lipinski definition) is 1. The minimum absolute atomic E-state index is 0.0215. The van der Waals surface area contributed by atoms with Crippen LogP contribution in [0.1, 0.15) is 11.1 Å². The number of methoxy groups -OCH3 is 1. The fraction of sp³-hybridized carbons (Fsp3) is 0.333. The van der Waals surface area contributed by atoms with E-state index in [0.29, 0.717) is 34.7 Å². The predicted molar refractivity (Wildman–Crippen MR) is 121 cm³/mol. The number of morpholine rings is 1. The molecule has 1 amide bonds. The van der Waals surface area contributed by atoms with Gasteiger partial charge < -0.3 is 14.2 Å². The molecule has 0 saturated carbocycles. The van der Waals surface area contributed by atoms with Gasteiger partial charge >= 0.3 is 0 Å². The second-order valence-corrected chi connectivity index (χ2v) is 7.78. The van der Waals surface area contributed by atoms with Crippen molar-refractivity contribution in [2.45, 2.75) is 6.61 Å². The Morgan fingerprint density at radius 1 is 1.31 bits per heavy atom. The van der Waals surface area contributed by atoms with Crippen LogP contribution in [0.4, 0.5) is 5.69 Å². The zero-order valence-corrected chi connectivity index (χ0v) is 19.0. The van der Waals surface area contributed by atoms with Gasteiger partial charge in [-0.25, -0.2) is 5.43 Å². The van der Waals surface area contributed by atoms with E-state index in [4.69, 9.17) is 14.2 Å². The van der Waals surface area contributed by atoms with E-state index < -0.39 is 4.92 Å². The van der Waals surface area contributed by atoms with E-state index in [1.165, 1.54) is 25.5 Å². The lowest BCUT2D eigenvalue weighted by atomic mass is 10.2. The van der Waals surface area contributed by atoms with Gasteiger partial charge in [0.1, 0.15) is 6.61 Å². The van der Waals surface area contributed by atoms with Gasteiger partial charge in [0, 0.05) is 25.2 Å². The van der Waals surface area contributed by atoms with Crippen molar-refractivity contribution in [2.75, 3.05) is 40.0 Å². The Morgan fingerprint density at radius 3 is 2.69 bits per heavy atom. The first kappa shape index (κ1) is 23.6. The molecule has 0 radical (unpaired) electrons. The van der Waals surface area contributed by atoms with Crippen LogP contribution in [0.2, 0.25) is 0 Å². The van der Waals surface area contributed by atoms with E-state index >= 15 is 0 Å². The highest BCUT2D eigenvalue weighted by Crippen LogP contribution is 2.37. The molecule has 0 bridgehead atoms. The number of carbonyl (C=O) groups is 1. The molecule has 1 heterocycles. The van der Waals surface area contributed by atoms with E-state index in [2.05, 4.69) is 26.5 Å². The average Bonchev–Trinajstić information content (AvgIpc) is 2.79. The summed E-state index contributed by atoms with van der Waals surface area (Å²) >= 11 is 3.47. The summed E-state index contributed by atoms with van der Waals surface area (Å²) in [5.41, 5.74) is 4.02. The van der Waals surface area contributed by atoms with Crippen LogP contribution >= 0.6 is 15.9 Å². The van der Waals surface area contributed by atoms with Crippen molar-refractivity contribution in [1.29, 1.82) is 0 Å². The second-order valence-electron chi connectivity index (χ2n) is 6.93. The van der Waals surface area contributed by atoms with Crippen LogP contribution in [0.3, 0.4) is 0 Å². The van der Waals surface area contributed by atoms with Gasteiger partial charge in [0.25, 0.3) is 11.6 Å². The molecule has 32 heavy (non-hydrogen) atoms. The molecule has 170 valence electrons. The lowest BCUT2D eigenvalue weighted by Crippen LogP contribution is -2.42. The normalized spacial score (nSPS) is 14.3. The Kier molecular flexibility index (Phi) is 8.54. The summed E-state index contributed by atoms with van der Waals surface area (Å²) in [4.78, 5) is 24.3. The summed E-state index contributed by atoms with van der Waals surface area (Å²) in [5, 5.41) is 14.8. The maximum Gasteiger partial charge on any atom is 0.269 e. The van der Waals surface area contributed by atoms with Gasteiger partial charge in [-0.1, -0.05) is 0 Å². The SMILES string of the molecule is COc1cc(/C=N/NC(=O)CN2CCOCC2)cc(Br)c1OCc1ccc([N+](=O)[O-])cc1. The summed E-state index contributed by atoms with van der Waals surface area (Å²) in [6.07, 6.45) is 1.52. The molecule has 11 heteroatoms. The minimum Gasteiger partial charge on any atom is -0.493 e. The molecule has 3 rings (SSSR count). The number of carbonyl (C=O) groups excluding carboxylic acids is 1. The zero-order valence-electron chi connectivity index (χ0n) is 17.5. The van der Waals surface area contributed by atoms with Crippen LogP contribution in [-0.2, 0) is 16.1 Å². The van der Waals surface area contributed by atoms with Crippen LogP contribution in [-0.4, -0.2) is 61.9 Å². The molecule has 1 aliphatic heterocycles. The Morgan fingerprint density at radius 2 is 2.03 bits per heavy atom. The van der Waals surface area contributed by atoms with Gasteiger partial charge in [0.15, 0.2) is 11.5 Å². The number of ether oxygens (including phenoxy) is 3. The van der Waals surface area contributed by atoms with Crippen LogP contribution in [0, 0.1) is 10.1 Å². The highest BCUT2D eigenvalue weighted by molar-refractivity contribution is 9.10. The van der Waals surface area contributed by atoms with Crippen molar-refractivity contribution in [1.82, 2.24) is 10.3 Å². The number of halogens is 1. The molecule has 0 aliphatic carbocycles. The predicted octanol–water partition coefficient (Wildman–Crippen LogP) is 2.73. The molecule has 0 spiro atoms. The van der Waals surface area contributed by atoms with Gasteiger partial charge in [-0.15, -0.1) is 0 Å². The third-order valence-electron chi connectivity index (χ3n) is 4.66. The molecule has 1 N–H and O–H groups in total. The molecule has 10 nitrogen and oxygen atoms in total. The maximum absolute atomic E-state index is 12.0. The monoisotopic (exact) mass is 506 g/mol. The van der Waals surface area contributed by atoms with Crippen molar-refractivity contribution in [3.05, 3.63) is 62.1 Å². The standard InChI is InChI=1S/C21H23BrN4O6/c1-30-19-11-16(12-23-24-20(27)13-25-6-8-31-9-7-25)10-18(22)21(19)32-14-15-2-4-17(5-3-15)26(28)29/h2-5,10-12H,6-9,13-14H2,1H3,(H,24,27)/b23-12+. The maximum atomic E-state index is 12.0. The number of nitrogens with one attached hydrogen (secondary N) is 1. The van der Waals surface area contributed by atoms with Gasteiger partial charge in [-0.2, -0.15) is 5.10 Å². The average molecular weight is 507 g/mol. The molecule has 1 aliphatic rings. The molecule has 2 aromatic carbocycles. The van der Waals surface area contributed by atoms with Gasteiger partial charge in [0.2, 0.25) is 0 Å². The summed E-state index contributed by atoms with van der Waals surface area (Å²) < 4.78 is 17.2. The Hall–Kier alpha value is -3.02. The number of hydrogen-bond acceptors (Lipinski definition) is 8. The number of nitro benzene ring substituents is 1. The minimum atomic E-state index is -0.449. The topological polar surface area (TPSA) is 116 Å². The van der Waals surface area contributed by atoms with E-state index in [1.54, 1.807) is 24.3 Å². The zero-order chi connectivity index (χ0) is 22.9. The number of amides is 1. The summed E-state index contributed by atoms with van der Waals surface area (Å²) in [6, 6.07) is 9.65. The molecule has 0 atom stereocenters. The number of nitrogens with zero attached hydrogens (tertiary/aromatic N) is 3. The lowest BCUT2D eigenvalue weighted by Gasteiger charge is -2.25. The molecule has 0 unspecified atom stereocenters. The van der Waals surface area contributed by atoms with Crippen LogP contribution in [0.15, 0.2) is 46.0 Å². The highest BCUT2D eigenvalue weighted by Gasteiger charge is 2.14. The third kappa shape index (κ3) is 6.74. The van der Waals surface area contributed by atoms with Crippen molar-refractivity contribution in [2.24, 2.45) is 5.10 Å². The van der Waals surface area contributed by atoms with Gasteiger partial charge in [-0.3, -0.25) is 19.8 Å². The Balaban J connectivity index is 1.59. The number of rotatable bonds is 9. The largest absolute Gasteiger partial charge is 0.493 e. The first-order chi connectivity index (χ1) is 15.5. The first-order valence-electron chi connectivity index (χ1n) is 9.82. The number of hydrazone groups is 1. The van der Waals surface area contributed by atoms with Crippen molar-refractivity contribution in [3.8, 4) is 11.5 Å². The highest BCUT2D eigenvalue weighted by atomic mass is 79.9. The number of benzene rings is 2. The summed E-state index contributed by atoms with van der Waals surface area (Å²) in [7, 11) is 1.52. The quantitative estimate of drug-likeness (QED) is 0.315. The first-order valence-corrected chi connectivity index (χ1v) is 10.6. The van der Waals surface area contributed by atoms with Crippen molar-refractivity contribution < 1.29 is 23.9 Å². The number of nitro groups is 1. The van der Waals surface area contributed by atoms with E-state index in [1.807, 2.05) is 4.90 Å². The van der Waals surface area contributed by atoms with E-state index in [9.17, 15) is 14.9 Å².